The largest absolute Gasteiger partial charge is 0.380 e. The standard InChI is InChI=1S/C16H22N2O3/c1-12-3-5-13(6-4-12)16(20)17-9-7-15(19)18-10-8-14(11-18)21-2/h3-6,14H,7-11H2,1-2H3,(H,17,20). The maximum atomic E-state index is 12.0. The van der Waals surface area contributed by atoms with Crippen LogP contribution in [0.1, 0.15) is 28.8 Å². The summed E-state index contributed by atoms with van der Waals surface area (Å²) in [6.07, 6.45) is 1.36. The van der Waals surface area contributed by atoms with Gasteiger partial charge in [0.1, 0.15) is 0 Å². The molecule has 2 amide bonds. The van der Waals surface area contributed by atoms with E-state index in [1.807, 2.05) is 19.1 Å². The van der Waals surface area contributed by atoms with E-state index in [0.717, 1.165) is 18.5 Å². The minimum Gasteiger partial charge on any atom is -0.380 e. The van der Waals surface area contributed by atoms with E-state index < -0.39 is 0 Å². The quantitative estimate of drug-likeness (QED) is 0.891. The van der Waals surface area contributed by atoms with Crippen molar-refractivity contribution in [1.29, 1.82) is 0 Å². The highest BCUT2D eigenvalue weighted by Crippen LogP contribution is 2.12. The predicted molar refractivity (Wildman–Crippen MR) is 80.1 cm³/mol. The molecule has 1 saturated heterocycles. The second-order valence-electron chi connectivity index (χ2n) is 5.36. The number of nitrogens with one attached hydrogen (secondary N) is 1. The lowest BCUT2D eigenvalue weighted by Gasteiger charge is -2.16. The van der Waals surface area contributed by atoms with Crippen LogP contribution in [0.5, 0.6) is 0 Å². The molecule has 0 saturated carbocycles. The van der Waals surface area contributed by atoms with Gasteiger partial charge in [-0.3, -0.25) is 9.59 Å². The van der Waals surface area contributed by atoms with Gasteiger partial charge >= 0.3 is 0 Å². The fraction of sp³-hybridized carbons (Fsp3) is 0.500. The van der Waals surface area contributed by atoms with Gasteiger partial charge < -0.3 is 15.0 Å². The predicted octanol–water partition coefficient (Wildman–Crippen LogP) is 1.36. The number of methoxy groups -OCH3 is 1. The fourth-order valence-electron chi connectivity index (χ4n) is 2.40. The van der Waals surface area contributed by atoms with E-state index in [1.54, 1.807) is 24.1 Å². The van der Waals surface area contributed by atoms with Crippen molar-refractivity contribution in [3.63, 3.8) is 0 Å². The van der Waals surface area contributed by atoms with Crippen molar-refractivity contribution in [1.82, 2.24) is 10.2 Å². The summed E-state index contributed by atoms with van der Waals surface area (Å²) in [7, 11) is 1.67. The number of amides is 2. The number of carbonyl (C=O) groups excluding carboxylic acids is 2. The fourth-order valence-corrected chi connectivity index (χ4v) is 2.40. The first-order valence-corrected chi connectivity index (χ1v) is 7.25. The third kappa shape index (κ3) is 4.29. The number of aryl methyl sites for hydroxylation is 1. The molecule has 1 fully saturated rings. The van der Waals surface area contributed by atoms with Gasteiger partial charge in [0.15, 0.2) is 0 Å². The average Bonchev–Trinajstić information content (AvgIpc) is 2.96. The van der Waals surface area contributed by atoms with Crippen LogP contribution in [-0.4, -0.2) is 49.6 Å². The normalized spacial score (nSPS) is 17.8. The van der Waals surface area contributed by atoms with E-state index in [9.17, 15) is 9.59 Å². The van der Waals surface area contributed by atoms with Gasteiger partial charge in [-0.15, -0.1) is 0 Å². The Balaban J connectivity index is 1.73. The Labute approximate surface area is 125 Å². The Morgan fingerprint density at radius 3 is 2.67 bits per heavy atom. The molecular formula is C16H22N2O3. The molecule has 2 rings (SSSR count). The van der Waals surface area contributed by atoms with Crippen LogP contribution in [0.25, 0.3) is 0 Å². The SMILES string of the molecule is COC1CCN(C(=O)CCNC(=O)c2ccc(C)cc2)C1. The van der Waals surface area contributed by atoms with Crippen LogP contribution in [0.2, 0.25) is 0 Å². The van der Waals surface area contributed by atoms with Crippen molar-refractivity contribution in [3.05, 3.63) is 35.4 Å². The van der Waals surface area contributed by atoms with Crippen molar-refractivity contribution in [2.75, 3.05) is 26.7 Å². The highest BCUT2D eigenvalue weighted by molar-refractivity contribution is 5.94. The lowest BCUT2D eigenvalue weighted by Crippen LogP contribution is -2.33. The van der Waals surface area contributed by atoms with Crippen molar-refractivity contribution in [3.8, 4) is 0 Å². The molecule has 1 atom stereocenters. The minimum atomic E-state index is -0.140. The van der Waals surface area contributed by atoms with E-state index in [0.29, 0.717) is 25.1 Å². The Morgan fingerprint density at radius 1 is 1.33 bits per heavy atom. The number of likely N-dealkylation sites (tertiary alicyclic amines) is 1. The monoisotopic (exact) mass is 290 g/mol. The van der Waals surface area contributed by atoms with Gasteiger partial charge in [-0.05, 0) is 25.5 Å². The minimum absolute atomic E-state index is 0.0683. The average molecular weight is 290 g/mol. The van der Waals surface area contributed by atoms with Crippen molar-refractivity contribution in [2.24, 2.45) is 0 Å². The molecule has 1 unspecified atom stereocenters. The second kappa shape index (κ2) is 7.22. The third-order valence-electron chi connectivity index (χ3n) is 3.77. The molecule has 0 radical (unpaired) electrons. The Morgan fingerprint density at radius 2 is 2.05 bits per heavy atom. The van der Waals surface area contributed by atoms with E-state index in [-0.39, 0.29) is 17.9 Å². The molecular weight excluding hydrogens is 268 g/mol. The van der Waals surface area contributed by atoms with Gasteiger partial charge in [0.25, 0.3) is 5.91 Å². The first-order valence-electron chi connectivity index (χ1n) is 7.25. The molecule has 1 N–H and O–H groups in total. The number of nitrogens with zero attached hydrogens (tertiary/aromatic N) is 1. The van der Waals surface area contributed by atoms with Crippen LogP contribution in [0.15, 0.2) is 24.3 Å². The molecule has 114 valence electrons. The van der Waals surface area contributed by atoms with Crippen LogP contribution < -0.4 is 5.32 Å². The van der Waals surface area contributed by atoms with Crippen LogP contribution in [0.4, 0.5) is 0 Å². The maximum absolute atomic E-state index is 12.0. The number of hydrogen-bond acceptors (Lipinski definition) is 3. The van der Waals surface area contributed by atoms with E-state index in [4.69, 9.17) is 4.74 Å². The van der Waals surface area contributed by atoms with Crippen molar-refractivity contribution >= 4 is 11.8 Å². The number of ether oxygens (including phenoxy) is 1. The lowest BCUT2D eigenvalue weighted by atomic mass is 10.1. The molecule has 0 bridgehead atoms. The number of rotatable bonds is 5. The third-order valence-corrected chi connectivity index (χ3v) is 3.77. The van der Waals surface area contributed by atoms with Crippen molar-refractivity contribution in [2.45, 2.75) is 25.9 Å². The number of hydrogen-bond donors (Lipinski definition) is 1. The molecule has 1 aliphatic heterocycles. The summed E-state index contributed by atoms with van der Waals surface area (Å²) in [6.45, 7) is 3.73. The lowest BCUT2D eigenvalue weighted by molar-refractivity contribution is -0.130. The molecule has 1 aromatic rings. The Bertz CT molecular complexity index is 499. The summed E-state index contributed by atoms with van der Waals surface area (Å²) < 4.78 is 5.24. The van der Waals surface area contributed by atoms with E-state index in [2.05, 4.69) is 5.32 Å². The summed E-state index contributed by atoms with van der Waals surface area (Å²) in [5.74, 6) is -0.0715. The molecule has 1 heterocycles. The Kier molecular flexibility index (Phi) is 5.33. The van der Waals surface area contributed by atoms with Gasteiger partial charge in [0, 0.05) is 38.7 Å². The zero-order chi connectivity index (χ0) is 15.2. The summed E-state index contributed by atoms with van der Waals surface area (Å²) in [5, 5.41) is 2.78. The highest BCUT2D eigenvalue weighted by Gasteiger charge is 2.25. The van der Waals surface area contributed by atoms with Crippen molar-refractivity contribution < 1.29 is 14.3 Å². The zero-order valence-corrected chi connectivity index (χ0v) is 12.6. The van der Waals surface area contributed by atoms with Gasteiger partial charge in [-0.1, -0.05) is 17.7 Å². The van der Waals surface area contributed by atoms with Gasteiger partial charge in [0.05, 0.1) is 6.10 Å². The van der Waals surface area contributed by atoms with E-state index >= 15 is 0 Å². The zero-order valence-electron chi connectivity index (χ0n) is 12.6. The van der Waals surface area contributed by atoms with Crippen LogP contribution in [0, 0.1) is 6.92 Å². The molecule has 0 aromatic heterocycles. The Hall–Kier alpha value is -1.88. The molecule has 0 aliphatic carbocycles. The van der Waals surface area contributed by atoms with Crippen LogP contribution in [-0.2, 0) is 9.53 Å². The van der Waals surface area contributed by atoms with E-state index in [1.165, 1.54) is 0 Å². The smallest absolute Gasteiger partial charge is 0.251 e. The molecule has 1 aliphatic rings. The highest BCUT2D eigenvalue weighted by atomic mass is 16.5. The molecule has 0 spiro atoms. The first kappa shape index (κ1) is 15.5. The summed E-state index contributed by atoms with van der Waals surface area (Å²) >= 11 is 0. The summed E-state index contributed by atoms with van der Waals surface area (Å²) in [4.78, 5) is 25.7. The maximum Gasteiger partial charge on any atom is 0.251 e. The molecule has 5 heteroatoms. The van der Waals surface area contributed by atoms with Gasteiger partial charge in [-0.25, -0.2) is 0 Å². The summed E-state index contributed by atoms with van der Waals surface area (Å²) in [6, 6.07) is 7.37. The first-order chi connectivity index (χ1) is 10.1. The van der Waals surface area contributed by atoms with Crippen LogP contribution >= 0.6 is 0 Å². The molecule has 1 aromatic carbocycles. The second-order valence-corrected chi connectivity index (χ2v) is 5.36. The van der Waals surface area contributed by atoms with Gasteiger partial charge in [-0.2, -0.15) is 0 Å². The number of carbonyl (C=O) groups is 2. The molecule has 5 nitrogen and oxygen atoms in total. The number of benzene rings is 1. The van der Waals surface area contributed by atoms with Gasteiger partial charge in [0.2, 0.25) is 5.91 Å². The topological polar surface area (TPSA) is 58.6 Å². The van der Waals surface area contributed by atoms with Crippen LogP contribution in [0.3, 0.4) is 0 Å². The summed E-state index contributed by atoms with van der Waals surface area (Å²) in [5.41, 5.74) is 1.73. The molecule has 21 heavy (non-hydrogen) atoms.